The van der Waals surface area contributed by atoms with Gasteiger partial charge >= 0.3 is 6.03 Å². The van der Waals surface area contributed by atoms with Crippen molar-refractivity contribution in [2.24, 2.45) is 0 Å². The van der Waals surface area contributed by atoms with E-state index in [1.54, 1.807) is 12.1 Å². The molecular formula is C18H11FN2O5. The lowest BCUT2D eigenvalue weighted by molar-refractivity contribution is -0.122. The molecule has 4 amide bonds. The van der Waals surface area contributed by atoms with E-state index in [1.807, 2.05) is 0 Å². The van der Waals surface area contributed by atoms with Gasteiger partial charge in [0.2, 0.25) is 6.79 Å². The number of nitrogens with zero attached hydrogens (tertiary/aromatic N) is 1. The summed E-state index contributed by atoms with van der Waals surface area (Å²) in [5.41, 5.74) is -0.0953. The molecule has 2 aromatic rings. The number of barbiturate groups is 1. The third kappa shape index (κ3) is 2.57. The van der Waals surface area contributed by atoms with Crippen molar-refractivity contribution in [1.82, 2.24) is 5.32 Å². The van der Waals surface area contributed by atoms with Gasteiger partial charge in [-0.1, -0.05) is 18.2 Å². The van der Waals surface area contributed by atoms with E-state index in [0.717, 1.165) is 11.0 Å². The average molecular weight is 354 g/mol. The quantitative estimate of drug-likeness (QED) is 0.660. The van der Waals surface area contributed by atoms with Gasteiger partial charge in [0.1, 0.15) is 11.4 Å². The van der Waals surface area contributed by atoms with Crippen LogP contribution in [0.3, 0.4) is 0 Å². The number of halogens is 1. The number of carbonyl (C=O) groups is 3. The van der Waals surface area contributed by atoms with Gasteiger partial charge in [-0.25, -0.2) is 14.1 Å². The number of fused-ring (bicyclic) bond motifs is 1. The summed E-state index contributed by atoms with van der Waals surface area (Å²) in [6.07, 6.45) is 1.11. The van der Waals surface area contributed by atoms with E-state index in [4.69, 9.17) is 9.47 Å². The maximum absolute atomic E-state index is 13.8. The zero-order valence-corrected chi connectivity index (χ0v) is 13.2. The first-order valence-corrected chi connectivity index (χ1v) is 7.60. The third-order valence-electron chi connectivity index (χ3n) is 3.92. The summed E-state index contributed by atoms with van der Waals surface area (Å²) in [7, 11) is 0. The van der Waals surface area contributed by atoms with Gasteiger partial charge in [-0.3, -0.25) is 14.9 Å². The minimum absolute atomic E-state index is 0.0376. The van der Waals surface area contributed by atoms with E-state index >= 15 is 0 Å². The Kier molecular flexibility index (Phi) is 3.65. The Hall–Kier alpha value is -3.68. The van der Waals surface area contributed by atoms with Crippen LogP contribution in [0.25, 0.3) is 6.08 Å². The summed E-state index contributed by atoms with van der Waals surface area (Å²) < 4.78 is 24.3. The second kappa shape index (κ2) is 5.99. The molecule has 130 valence electrons. The van der Waals surface area contributed by atoms with E-state index in [9.17, 15) is 18.8 Å². The van der Waals surface area contributed by atoms with Crippen LogP contribution < -0.4 is 19.7 Å². The number of anilines is 1. The van der Waals surface area contributed by atoms with Crippen molar-refractivity contribution in [2.75, 3.05) is 11.7 Å². The van der Waals surface area contributed by atoms with Gasteiger partial charge in [-0.2, -0.15) is 0 Å². The minimum Gasteiger partial charge on any atom is -0.454 e. The Morgan fingerprint density at radius 3 is 2.62 bits per heavy atom. The molecule has 2 aromatic carbocycles. The van der Waals surface area contributed by atoms with Crippen molar-refractivity contribution in [3.63, 3.8) is 0 Å². The number of urea groups is 1. The first-order chi connectivity index (χ1) is 12.5. The maximum atomic E-state index is 13.8. The summed E-state index contributed by atoms with van der Waals surface area (Å²) >= 11 is 0. The molecule has 7 nitrogen and oxygen atoms in total. The monoisotopic (exact) mass is 354 g/mol. The molecular weight excluding hydrogens is 343 g/mol. The highest BCUT2D eigenvalue weighted by Crippen LogP contribution is 2.36. The lowest BCUT2D eigenvalue weighted by Gasteiger charge is -2.26. The second-order valence-corrected chi connectivity index (χ2v) is 5.52. The number of hydrogen-bond donors (Lipinski definition) is 1. The van der Waals surface area contributed by atoms with Crippen molar-refractivity contribution in [3.8, 4) is 11.5 Å². The summed E-state index contributed by atoms with van der Waals surface area (Å²) in [5, 5.41) is 2.08. The number of carbonyl (C=O) groups excluding carboxylic acids is 3. The fourth-order valence-electron chi connectivity index (χ4n) is 2.66. The SMILES string of the molecule is O=C1NC(=O)N(c2ccc3c(c2)OCO3)C(=O)/C1=C/c1ccccc1F. The molecule has 2 heterocycles. The lowest BCUT2D eigenvalue weighted by Crippen LogP contribution is -2.54. The molecule has 26 heavy (non-hydrogen) atoms. The molecule has 0 spiro atoms. The van der Waals surface area contributed by atoms with E-state index in [0.29, 0.717) is 11.5 Å². The van der Waals surface area contributed by atoms with Crippen LogP contribution in [-0.4, -0.2) is 24.6 Å². The number of amides is 4. The molecule has 0 radical (unpaired) electrons. The molecule has 2 aliphatic rings. The van der Waals surface area contributed by atoms with Crippen LogP contribution in [-0.2, 0) is 9.59 Å². The third-order valence-corrected chi connectivity index (χ3v) is 3.92. The maximum Gasteiger partial charge on any atom is 0.335 e. The van der Waals surface area contributed by atoms with Gasteiger partial charge in [0.15, 0.2) is 11.5 Å². The predicted octanol–water partition coefficient (Wildman–Crippen LogP) is 2.22. The van der Waals surface area contributed by atoms with Crippen molar-refractivity contribution < 1.29 is 28.2 Å². The Labute approximate surface area is 146 Å². The molecule has 0 bridgehead atoms. The Morgan fingerprint density at radius 1 is 1.04 bits per heavy atom. The molecule has 0 atom stereocenters. The highest BCUT2D eigenvalue weighted by molar-refractivity contribution is 6.39. The van der Waals surface area contributed by atoms with Gasteiger partial charge in [-0.05, 0) is 24.3 Å². The average Bonchev–Trinajstić information content (AvgIpc) is 3.08. The molecule has 1 N–H and O–H groups in total. The number of imide groups is 2. The summed E-state index contributed by atoms with van der Waals surface area (Å²) in [6, 6.07) is 9.28. The van der Waals surface area contributed by atoms with Gasteiger partial charge in [-0.15, -0.1) is 0 Å². The van der Waals surface area contributed by atoms with E-state index in [1.165, 1.54) is 30.3 Å². The number of rotatable bonds is 2. The van der Waals surface area contributed by atoms with Crippen molar-refractivity contribution >= 4 is 29.6 Å². The topological polar surface area (TPSA) is 84.9 Å². The van der Waals surface area contributed by atoms with Crippen LogP contribution >= 0.6 is 0 Å². The smallest absolute Gasteiger partial charge is 0.335 e. The van der Waals surface area contributed by atoms with Crippen LogP contribution in [0.4, 0.5) is 14.9 Å². The molecule has 2 aliphatic heterocycles. The highest BCUT2D eigenvalue weighted by atomic mass is 19.1. The van der Waals surface area contributed by atoms with Crippen LogP contribution in [0.5, 0.6) is 11.5 Å². The van der Waals surface area contributed by atoms with Gasteiger partial charge < -0.3 is 9.47 Å². The minimum atomic E-state index is -0.899. The predicted molar refractivity (Wildman–Crippen MR) is 88.0 cm³/mol. The van der Waals surface area contributed by atoms with Crippen LogP contribution in [0, 0.1) is 5.82 Å². The molecule has 0 unspecified atom stereocenters. The van der Waals surface area contributed by atoms with E-state index in [-0.39, 0.29) is 23.6 Å². The van der Waals surface area contributed by atoms with Gasteiger partial charge in [0, 0.05) is 11.6 Å². The Morgan fingerprint density at radius 2 is 1.81 bits per heavy atom. The van der Waals surface area contributed by atoms with Crippen molar-refractivity contribution in [3.05, 3.63) is 59.4 Å². The molecule has 4 rings (SSSR count). The molecule has 0 aromatic heterocycles. The zero-order valence-electron chi connectivity index (χ0n) is 13.2. The van der Waals surface area contributed by atoms with Gasteiger partial charge in [0.25, 0.3) is 11.8 Å². The second-order valence-electron chi connectivity index (χ2n) is 5.52. The van der Waals surface area contributed by atoms with E-state index in [2.05, 4.69) is 5.32 Å². The summed E-state index contributed by atoms with van der Waals surface area (Å²) in [5.74, 6) is -1.48. The number of hydrogen-bond acceptors (Lipinski definition) is 5. The molecule has 1 fully saturated rings. The van der Waals surface area contributed by atoms with Gasteiger partial charge in [0.05, 0.1) is 5.69 Å². The van der Waals surface area contributed by atoms with Crippen LogP contribution in [0.2, 0.25) is 0 Å². The Balaban J connectivity index is 1.74. The molecule has 0 saturated carbocycles. The largest absolute Gasteiger partial charge is 0.454 e. The van der Waals surface area contributed by atoms with Crippen molar-refractivity contribution in [2.45, 2.75) is 0 Å². The zero-order chi connectivity index (χ0) is 18.3. The normalized spacial score (nSPS) is 17.7. The molecule has 1 saturated heterocycles. The lowest BCUT2D eigenvalue weighted by atomic mass is 10.1. The van der Waals surface area contributed by atoms with Crippen LogP contribution in [0.1, 0.15) is 5.56 Å². The molecule has 0 aliphatic carbocycles. The first kappa shape index (κ1) is 15.8. The standard InChI is InChI=1S/C18H11FN2O5/c19-13-4-2-1-3-10(13)7-12-16(22)20-18(24)21(17(12)23)11-5-6-14-15(8-11)26-9-25-14/h1-8H,9H2,(H,20,22,24)/b12-7+. The first-order valence-electron chi connectivity index (χ1n) is 7.60. The highest BCUT2D eigenvalue weighted by Gasteiger charge is 2.37. The fraction of sp³-hybridized carbons (Fsp3) is 0.0556. The number of ether oxygens (including phenoxy) is 2. The number of nitrogens with one attached hydrogen (secondary N) is 1. The Bertz CT molecular complexity index is 985. The summed E-state index contributed by atoms with van der Waals surface area (Å²) in [6.45, 7) is 0.0376. The fourth-order valence-corrected chi connectivity index (χ4v) is 2.66. The van der Waals surface area contributed by atoms with Crippen molar-refractivity contribution in [1.29, 1.82) is 0 Å². The van der Waals surface area contributed by atoms with Crippen LogP contribution in [0.15, 0.2) is 48.0 Å². The number of benzene rings is 2. The molecule has 8 heteroatoms. The van der Waals surface area contributed by atoms with E-state index < -0.39 is 23.7 Å². The summed E-state index contributed by atoms with van der Waals surface area (Å²) in [4.78, 5) is 37.8.